The van der Waals surface area contributed by atoms with Crippen LogP contribution in [-0.4, -0.2) is 33.6 Å². The Kier molecular flexibility index (Phi) is 5.60. The molecule has 2 aromatic carbocycles. The smallest absolute Gasteiger partial charge is 0.337 e. The van der Waals surface area contributed by atoms with Crippen molar-refractivity contribution < 1.29 is 14.3 Å². The number of thiazole rings is 1. The van der Waals surface area contributed by atoms with Crippen LogP contribution in [0.4, 0.5) is 5.95 Å². The lowest BCUT2D eigenvalue weighted by molar-refractivity contribution is -0.111. The molecule has 1 amide bonds. The Balaban J connectivity index is 1.46. The number of aromatic nitrogens is 3. The topological polar surface area (TPSA) is 85.6 Å². The van der Waals surface area contributed by atoms with E-state index in [-0.39, 0.29) is 11.9 Å². The Labute approximate surface area is 180 Å². The maximum atomic E-state index is 12.2. The normalized spacial score (nSPS) is 11.1. The van der Waals surface area contributed by atoms with Crippen molar-refractivity contribution in [3.63, 3.8) is 0 Å². The second-order valence-electron chi connectivity index (χ2n) is 6.19. The third-order valence-electron chi connectivity index (χ3n) is 4.22. The fourth-order valence-electron chi connectivity index (χ4n) is 2.73. The predicted octanol–water partition coefficient (Wildman–Crippen LogP) is 4.55. The summed E-state index contributed by atoms with van der Waals surface area (Å²) in [5.41, 5.74) is 3.02. The second-order valence-corrected chi connectivity index (χ2v) is 7.47. The summed E-state index contributed by atoms with van der Waals surface area (Å²) in [6, 6.07) is 14.1. The third-order valence-corrected chi connectivity index (χ3v) is 5.28. The van der Waals surface area contributed by atoms with Crippen molar-refractivity contribution in [2.75, 3.05) is 12.4 Å². The fourth-order valence-corrected chi connectivity index (χ4v) is 3.68. The molecule has 4 rings (SSSR count). The summed E-state index contributed by atoms with van der Waals surface area (Å²) in [5, 5.41) is 9.63. The minimum atomic E-state index is -0.410. The van der Waals surface area contributed by atoms with Gasteiger partial charge in [-0.25, -0.2) is 9.31 Å². The highest BCUT2D eigenvalue weighted by atomic mass is 35.5. The molecule has 0 aliphatic carbocycles. The first-order chi connectivity index (χ1) is 14.5. The van der Waals surface area contributed by atoms with Gasteiger partial charge in [-0.1, -0.05) is 35.9 Å². The van der Waals surface area contributed by atoms with Crippen molar-refractivity contribution in [1.82, 2.24) is 14.6 Å². The van der Waals surface area contributed by atoms with Gasteiger partial charge in [0, 0.05) is 22.0 Å². The van der Waals surface area contributed by atoms with Crippen LogP contribution in [0, 0.1) is 0 Å². The van der Waals surface area contributed by atoms with Gasteiger partial charge >= 0.3 is 5.97 Å². The number of esters is 1. The molecule has 0 spiro atoms. The van der Waals surface area contributed by atoms with Crippen molar-refractivity contribution in [3.05, 3.63) is 76.1 Å². The Morgan fingerprint density at radius 2 is 1.87 bits per heavy atom. The third kappa shape index (κ3) is 4.24. The lowest BCUT2D eigenvalue weighted by Gasteiger charge is -2.00. The molecule has 0 radical (unpaired) electrons. The molecule has 30 heavy (non-hydrogen) atoms. The zero-order valence-corrected chi connectivity index (χ0v) is 17.3. The highest BCUT2D eigenvalue weighted by Crippen LogP contribution is 2.26. The van der Waals surface area contributed by atoms with E-state index in [0.29, 0.717) is 15.5 Å². The second kappa shape index (κ2) is 8.48. The van der Waals surface area contributed by atoms with Gasteiger partial charge in [-0.05, 0) is 35.9 Å². The highest BCUT2D eigenvalue weighted by Gasteiger charge is 2.12. The summed E-state index contributed by atoms with van der Waals surface area (Å²) < 4.78 is 6.34. The van der Waals surface area contributed by atoms with Crippen molar-refractivity contribution in [2.45, 2.75) is 0 Å². The van der Waals surface area contributed by atoms with Crippen LogP contribution in [0.2, 0.25) is 5.02 Å². The van der Waals surface area contributed by atoms with Gasteiger partial charge in [0.15, 0.2) is 0 Å². The van der Waals surface area contributed by atoms with Gasteiger partial charge in [0.1, 0.15) is 0 Å². The number of methoxy groups -OCH3 is 1. The molecule has 2 heterocycles. The number of benzene rings is 2. The zero-order chi connectivity index (χ0) is 21.1. The molecule has 2 aromatic heterocycles. The Hall–Kier alpha value is -3.49. The molecule has 4 aromatic rings. The van der Waals surface area contributed by atoms with E-state index >= 15 is 0 Å². The number of carbonyl (C=O) groups excluding carboxylic acids is 2. The molecule has 0 aliphatic rings. The minimum Gasteiger partial charge on any atom is -0.465 e. The average Bonchev–Trinajstić information content (AvgIpc) is 3.33. The minimum absolute atomic E-state index is 0.216. The van der Waals surface area contributed by atoms with E-state index in [1.165, 1.54) is 24.5 Å². The molecular formula is C21H15ClN4O3S. The standard InChI is InChI=1S/C21H15ClN4O3S/c1-29-19(28)15-5-2-13(3-6-15)4-11-18(27)23-20-24-21-26(25-20)17(12-30-21)14-7-9-16(22)10-8-14/h2-12H,1H3,(H,23,25,27)/b11-4+. The molecule has 0 aliphatic heterocycles. The summed E-state index contributed by atoms with van der Waals surface area (Å²) in [6.45, 7) is 0. The van der Waals surface area contributed by atoms with E-state index in [4.69, 9.17) is 11.6 Å². The number of fused-ring (bicyclic) bond motifs is 1. The molecule has 0 saturated heterocycles. The number of carbonyl (C=O) groups is 2. The lowest BCUT2D eigenvalue weighted by atomic mass is 10.1. The average molecular weight is 439 g/mol. The Morgan fingerprint density at radius 1 is 1.13 bits per heavy atom. The van der Waals surface area contributed by atoms with Crippen LogP contribution in [-0.2, 0) is 9.53 Å². The molecule has 9 heteroatoms. The molecule has 7 nitrogen and oxygen atoms in total. The summed E-state index contributed by atoms with van der Waals surface area (Å²) >= 11 is 7.37. The van der Waals surface area contributed by atoms with Crippen LogP contribution in [0.3, 0.4) is 0 Å². The first-order valence-corrected chi connectivity index (χ1v) is 10.1. The monoisotopic (exact) mass is 438 g/mol. The van der Waals surface area contributed by atoms with Crippen molar-refractivity contribution in [1.29, 1.82) is 0 Å². The number of hydrogen-bond donors (Lipinski definition) is 1. The summed E-state index contributed by atoms with van der Waals surface area (Å²) in [4.78, 5) is 28.7. The maximum Gasteiger partial charge on any atom is 0.337 e. The van der Waals surface area contributed by atoms with E-state index in [1.807, 2.05) is 29.6 Å². The summed E-state index contributed by atoms with van der Waals surface area (Å²) in [6.07, 6.45) is 3.01. The zero-order valence-electron chi connectivity index (χ0n) is 15.7. The van der Waals surface area contributed by atoms with Gasteiger partial charge in [0.25, 0.3) is 11.9 Å². The van der Waals surface area contributed by atoms with Crippen LogP contribution < -0.4 is 5.32 Å². The molecule has 0 unspecified atom stereocenters. The Bertz CT molecular complexity index is 1240. The van der Waals surface area contributed by atoms with Crippen LogP contribution in [0.1, 0.15) is 15.9 Å². The first-order valence-electron chi connectivity index (χ1n) is 8.81. The maximum absolute atomic E-state index is 12.2. The van der Waals surface area contributed by atoms with Gasteiger partial charge in [-0.3, -0.25) is 10.1 Å². The van der Waals surface area contributed by atoms with Crippen molar-refractivity contribution in [3.8, 4) is 11.3 Å². The largest absolute Gasteiger partial charge is 0.465 e. The summed E-state index contributed by atoms with van der Waals surface area (Å²) in [5.74, 6) is -0.557. The van der Waals surface area contributed by atoms with E-state index in [0.717, 1.165) is 16.8 Å². The van der Waals surface area contributed by atoms with Gasteiger partial charge in [0.2, 0.25) is 4.96 Å². The van der Waals surface area contributed by atoms with E-state index in [2.05, 4.69) is 20.1 Å². The van der Waals surface area contributed by atoms with E-state index < -0.39 is 5.97 Å². The van der Waals surface area contributed by atoms with Crippen LogP contribution >= 0.6 is 22.9 Å². The fraction of sp³-hybridized carbons (Fsp3) is 0.0476. The number of hydrogen-bond acceptors (Lipinski definition) is 6. The molecule has 1 N–H and O–H groups in total. The van der Waals surface area contributed by atoms with E-state index in [9.17, 15) is 9.59 Å². The molecule has 0 bridgehead atoms. The summed E-state index contributed by atoms with van der Waals surface area (Å²) in [7, 11) is 1.33. The number of nitrogens with one attached hydrogen (secondary N) is 1. The highest BCUT2D eigenvalue weighted by molar-refractivity contribution is 7.15. The van der Waals surface area contributed by atoms with E-state index in [1.54, 1.807) is 34.9 Å². The number of anilines is 1. The SMILES string of the molecule is COC(=O)c1ccc(/C=C/C(=O)Nc2nc3scc(-c4ccc(Cl)cc4)n3n2)cc1. The quantitative estimate of drug-likeness (QED) is 0.365. The number of rotatable bonds is 5. The predicted molar refractivity (Wildman–Crippen MR) is 117 cm³/mol. The number of amides is 1. The van der Waals surface area contributed by atoms with Crippen LogP contribution in [0.15, 0.2) is 60.0 Å². The lowest BCUT2D eigenvalue weighted by Crippen LogP contribution is -2.09. The molecule has 150 valence electrons. The number of ether oxygens (including phenoxy) is 1. The van der Waals surface area contributed by atoms with Crippen LogP contribution in [0.25, 0.3) is 22.3 Å². The number of halogens is 1. The van der Waals surface area contributed by atoms with Crippen molar-refractivity contribution >= 4 is 51.8 Å². The molecule has 0 saturated carbocycles. The molecule has 0 atom stereocenters. The van der Waals surface area contributed by atoms with Gasteiger partial charge in [0.05, 0.1) is 18.4 Å². The molecular weight excluding hydrogens is 424 g/mol. The van der Waals surface area contributed by atoms with Gasteiger partial charge < -0.3 is 4.74 Å². The van der Waals surface area contributed by atoms with Crippen molar-refractivity contribution in [2.24, 2.45) is 0 Å². The van der Waals surface area contributed by atoms with Crippen LogP contribution in [0.5, 0.6) is 0 Å². The Morgan fingerprint density at radius 3 is 2.57 bits per heavy atom. The first kappa shape index (κ1) is 19.8. The number of nitrogens with zero attached hydrogens (tertiary/aromatic N) is 3. The van der Waals surface area contributed by atoms with Gasteiger partial charge in [-0.2, -0.15) is 4.98 Å². The van der Waals surface area contributed by atoms with Gasteiger partial charge in [-0.15, -0.1) is 16.4 Å². The molecule has 0 fully saturated rings.